The lowest BCUT2D eigenvalue weighted by atomic mass is 10.2. The molecule has 0 unspecified atom stereocenters. The van der Waals surface area contributed by atoms with Gasteiger partial charge in [-0.3, -0.25) is 0 Å². The van der Waals surface area contributed by atoms with Gasteiger partial charge in [-0.15, -0.1) is 0 Å². The average Bonchev–Trinajstić information content (AvgIpc) is 2.26. The molecule has 0 fully saturated rings. The second-order valence-corrected chi connectivity index (χ2v) is 5.92. The van der Waals surface area contributed by atoms with Crippen molar-refractivity contribution in [3.8, 4) is 0 Å². The third kappa shape index (κ3) is 5.50. The molecule has 1 aromatic carbocycles. The number of hydrogen-bond acceptors (Lipinski definition) is 3. The summed E-state index contributed by atoms with van der Waals surface area (Å²) in [6.07, 6.45) is 0. The summed E-state index contributed by atoms with van der Waals surface area (Å²) in [5, 5.41) is 3.74. The van der Waals surface area contributed by atoms with Crippen LogP contribution in [0.5, 0.6) is 0 Å². The Labute approximate surface area is 107 Å². The van der Waals surface area contributed by atoms with Crippen molar-refractivity contribution >= 4 is 21.6 Å². The normalized spacial score (nSPS) is 11.6. The quantitative estimate of drug-likeness (QED) is 0.740. The number of hydrogen-bond donors (Lipinski definition) is 2. The van der Waals surface area contributed by atoms with E-state index in [1.54, 1.807) is 6.92 Å². The summed E-state index contributed by atoms with van der Waals surface area (Å²) in [5.41, 5.74) is 0.968. The zero-order valence-electron chi connectivity index (χ0n) is 9.74. The van der Waals surface area contributed by atoms with Crippen LogP contribution in [0, 0.1) is 0 Å². The van der Waals surface area contributed by atoms with Crippen LogP contribution in [0.3, 0.4) is 0 Å². The molecule has 0 aliphatic rings. The van der Waals surface area contributed by atoms with Crippen LogP contribution in [0.15, 0.2) is 24.3 Å². The van der Waals surface area contributed by atoms with Crippen LogP contribution in [0.1, 0.15) is 12.5 Å². The first-order valence-electron chi connectivity index (χ1n) is 5.46. The lowest BCUT2D eigenvalue weighted by Crippen LogP contribution is -2.31. The Morgan fingerprint density at radius 2 is 2.00 bits per heavy atom. The van der Waals surface area contributed by atoms with Gasteiger partial charge in [-0.2, -0.15) is 0 Å². The third-order valence-electron chi connectivity index (χ3n) is 2.19. The third-order valence-corrected chi connectivity index (χ3v) is 4.02. The molecule has 6 heteroatoms. The Morgan fingerprint density at radius 3 is 2.65 bits per heavy atom. The first kappa shape index (κ1) is 14.4. The molecule has 0 bridgehead atoms. The standard InChI is InChI=1S/C11H17ClN2O2S/c1-2-14-17(15,16)8-7-13-9-10-5-3-4-6-11(10)12/h3-6,13-14H,2,7-9H2,1H3. The molecule has 0 spiro atoms. The number of sulfonamides is 1. The van der Waals surface area contributed by atoms with Gasteiger partial charge in [0.25, 0.3) is 0 Å². The molecular weight excluding hydrogens is 260 g/mol. The van der Waals surface area contributed by atoms with Gasteiger partial charge in [0.05, 0.1) is 5.75 Å². The second kappa shape index (κ2) is 6.96. The number of benzene rings is 1. The molecule has 0 saturated carbocycles. The van der Waals surface area contributed by atoms with E-state index in [0.29, 0.717) is 24.7 Å². The minimum absolute atomic E-state index is 0.0747. The van der Waals surface area contributed by atoms with E-state index >= 15 is 0 Å². The van der Waals surface area contributed by atoms with E-state index in [-0.39, 0.29) is 5.75 Å². The van der Waals surface area contributed by atoms with Gasteiger partial charge in [-0.1, -0.05) is 36.7 Å². The molecule has 0 heterocycles. The molecule has 1 aromatic rings. The van der Waals surface area contributed by atoms with Gasteiger partial charge >= 0.3 is 0 Å². The van der Waals surface area contributed by atoms with Crippen LogP contribution >= 0.6 is 11.6 Å². The molecule has 0 aliphatic heterocycles. The first-order valence-corrected chi connectivity index (χ1v) is 7.49. The van der Waals surface area contributed by atoms with Crippen molar-refractivity contribution in [3.63, 3.8) is 0 Å². The molecule has 0 atom stereocenters. The van der Waals surface area contributed by atoms with Gasteiger partial charge in [0.2, 0.25) is 10.0 Å². The summed E-state index contributed by atoms with van der Waals surface area (Å²) in [5.74, 6) is 0.0747. The maximum Gasteiger partial charge on any atom is 0.212 e. The highest BCUT2D eigenvalue weighted by Crippen LogP contribution is 2.13. The van der Waals surface area contributed by atoms with E-state index in [2.05, 4.69) is 10.0 Å². The van der Waals surface area contributed by atoms with Crippen molar-refractivity contribution in [1.82, 2.24) is 10.0 Å². The van der Waals surface area contributed by atoms with Crippen LogP contribution in [0.4, 0.5) is 0 Å². The number of rotatable bonds is 7. The number of nitrogens with one attached hydrogen (secondary N) is 2. The second-order valence-electron chi connectivity index (χ2n) is 3.58. The van der Waals surface area contributed by atoms with Crippen LogP contribution in [-0.4, -0.2) is 27.3 Å². The molecule has 4 nitrogen and oxygen atoms in total. The van der Waals surface area contributed by atoms with Crippen LogP contribution in [0.25, 0.3) is 0 Å². The van der Waals surface area contributed by atoms with Gasteiger partial charge in [0.15, 0.2) is 0 Å². The fraction of sp³-hybridized carbons (Fsp3) is 0.455. The highest BCUT2D eigenvalue weighted by Gasteiger charge is 2.07. The maximum absolute atomic E-state index is 11.3. The summed E-state index contributed by atoms with van der Waals surface area (Å²) >= 11 is 5.97. The molecule has 0 aliphatic carbocycles. The van der Waals surface area contributed by atoms with Crippen molar-refractivity contribution in [3.05, 3.63) is 34.9 Å². The Balaban J connectivity index is 2.32. The molecule has 17 heavy (non-hydrogen) atoms. The fourth-order valence-corrected chi connectivity index (χ4v) is 2.56. The largest absolute Gasteiger partial charge is 0.312 e. The highest BCUT2D eigenvalue weighted by atomic mass is 35.5. The van der Waals surface area contributed by atoms with Crippen molar-refractivity contribution < 1.29 is 8.42 Å². The van der Waals surface area contributed by atoms with Gasteiger partial charge in [0.1, 0.15) is 0 Å². The molecular formula is C11H17ClN2O2S. The van der Waals surface area contributed by atoms with Gasteiger partial charge < -0.3 is 5.32 Å². The molecule has 0 radical (unpaired) electrons. The minimum Gasteiger partial charge on any atom is -0.312 e. The summed E-state index contributed by atoms with van der Waals surface area (Å²) in [4.78, 5) is 0. The minimum atomic E-state index is -3.14. The molecule has 0 amide bonds. The maximum atomic E-state index is 11.3. The molecule has 1 rings (SSSR count). The van der Waals surface area contributed by atoms with E-state index < -0.39 is 10.0 Å². The van der Waals surface area contributed by atoms with E-state index in [9.17, 15) is 8.42 Å². The highest BCUT2D eigenvalue weighted by molar-refractivity contribution is 7.89. The first-order chi connectivity index (χ1) is 8.05. The topological polar surface area (TPSA) is 58.2 Å². The zero-order valence-corrected chi connectivity index (χ0v) is 11.3. The van der Waals surface area contributed by atoms with Crippen LogP contribution < -0.4 is 10.0 Å². The molecule has 2 N–H and O–H groups in total. The van der Waals surface area contributed by atoms with Gasteiger partial charge in [-0.05, 0) is 11.6 Å². The smallest absolute Gasteiger partial charge is 0.212 e. The summed E-state index contributed by atoms with van der Waals surface area (Å²) in [6, 6.07) is 7.49. The SMILES string of the molecule is CCNS(=O)(=O)CCNCc1ccccc1Cl. The Bertz CT molecular complexity index is 449. The Morgan fingerprint density at radius 1 is 1.29 bits per heavy atom. The van der Waals surface area contributed by atoms with E-state index in [1.807, 2.05) is 24.3 Å². The molecule has 0 aromatic heterocycles. The summed E-state index contributed by atoms with van der Waals surface area (Å²) < 4.78 is 25.1. The van der Waals surface area contributed by atoms with Crippen LogP contribution in [0.2, 0.25) is 5.02 Å². The lowest BCUT2D eigenvalue weighted by Gasteiger charge is -2.07. The van der Waals surface area contributed by atoms with Crippen molar-refractivity contribution in [2.45, 2.75) is 13.5 Å². The van der Waals surface area contributed by atoms with E-state index in [1.165, 1.54) is 0 Å². The molecule has 0 saturated heterocycles. The predicted molar refractivity (Wildman–Crippen MR) is 70.6 cm³/mol. The van der Waals surface area contributed by atoms with Crippen molar-refractivity contribution in [2.75, 3.05) is 18.8 Å². The Kier molecular flexibility index (Phi) is 5.91. The van der Waals surface area contributed by atoms with E-state index in [0.717, 1.165) is 5.56 Å². The van der Waals surface area contributed by atoms with Gasteiger partial charge in [0, 0.05) is 24.7 Å². The van der Waals surface area contributed by atoms with Crippen molar-refractivity contribution in [2.24, 2.45) is 0 Å². The molecule has 96 valence electrons. The average molecular weight is 277 g/mol. The number of halogens is 1. The summed E-state index contributed by atoms with van der Waals surface area (Å²) in [6.45, 7) is 3.16. The zero-order chi connectivity index (χ0) is 12.7. The monoisotopic (exact) mass is 276 g/mol. The van der Waals surface area contributed by atoms with E-state index in [4.69, 9.17) is 11.6 Å². The Hall–Kier alpha value is -0.620. The lowest BCUT2D eigenvalue weighted by molar-refractivity contribution is 0.579. The van der Waals surface area contributed by atoms with Gasteiger partial charge in [-0.25, -0.2) is 13.1 Å². The predicted octanol–water partition coefficient (Wildman–Crippen LogP) is 1.37. The van der Waals surface area contributed by atoms with Crippen molar-refractivity contribution in [1.29, 1.82) is 0 Å². The van der Waals surface area contributed by atoms with Crippen LogP contribution in [-0.2, 0) is 16.6 Å². The fourth-order valence-electron chi connectivity index (χ4n) is 1.36. The summed E-state index contributed by atoms with van der Waals surface area (Å²) in [7, 11) is -3.14.